The summed E-state index contributed by atoms with van der Waals surface area (Å²) in [6.45, 7) is 0.377. The molecule has 0 heterocycles. The minimum Gasteiger partial charge on any atom is -0.493 e. The molecule has 0 aliphatic rings. The van der Waals surface area contributed by atoms with Gasteiger partial charge >= 0.3 is 6.18 Å². The summed E-state index contributed by atoms with van der Waals surface area (Å²) in [5, 5.41) is 5.92. The third kappa shape index (κ3) is 6.54. The molecule has 3 aromatic rings. The fourth-order valence-corrected chi connectivity index (χ4v) is 4.05. The van der Waals surface area contributed by atoms with Gasteiger partial charge in [0, 0.05) is 13.0 Å². The van der Waals surface area contributed by atoms with Crippen molar-refractivity contribution in [1.82, 2.24) is 10.6 Å². The van der Waals surface area contributed by atoms with E-state index in [0.29, 0.717) is 30.0 Å². The van der Waals surface area contributed by atoms with Gasteiger partial charge in [-0.2, -0.15) is 13.2 Å². The van der Waals surface area contributed by atoms with Crippen LogP contribution in [0.3, 0.4) is 0 Å². The minimum absolute atomic E-state index is 0.196. The van der Waals surface area contributed by atoms with Crippen molar-refractivity contribution >= 4 is 5.91 Å². The Morgan fingerprint density at radius 1 is 0.857 bits per heavy atom. The fraction of sp³-hybridized carbons (Fsp3) is 0.296. The Bertz CT molecular complexity index is 1120. The molecule has 0 spiro atoms. The zero-order valence-electron chi connectivity index (χ0n) is 19.9. The Kier molecular flexibility index (Phi) is 8.76. The van der Waals surface area contributed by atoms with Crippen LogP contribution in [0.25, 0.3) is 0 Å². The summed E-state index contributed by atoms with van der Waals surface area (Å²) in [6.07, 6.45) is -4.01. The molecule has 8 heteroatoms. The number of hydrogen-bond acceptors (Lipinski definition) is 4. The molecule has 0 saturated carbocycles. The Morgan fingerprint density at radius 2 is 1.51 bits per heavy atom. The molecular formula is C27H29F3N2O3. The zero-order valence-corrected chi connectivity index (χ0v) is 19.9. The average molecular weight is 487 g/mol. The monoisotopic (exact) mass is 486 g/mol. The lowest BCUT2D eigenvalue weighted by Gasteiger charge is -2.23. The highest BCUT2D eigenvalue weighted by Crippen LogP contribution is 2.37. The molecular weight excluding hydrogens is 457 g/mol. The second-order valence-electron chi connectivity index (χ2n) is 7.99. The Morgan fingerprint density at radius 3 is 2.14 bits per heavy atom. The van der Waals surface area contributed by atoms with Crippen molar-refractivity contribution < 1.29 is 27.4 Å². The van der Waals surface area contributed by atoms with Crippen LogP contribution in [0.2, 0.25) is 0 Å². The van der Waals surface area contributed by atoms with Crippen molar-refractivity contribution in [3.05, 3.63) is 95.1 Å². The van der Waals surface area contributed by atoms with Crippen LogP contribution >= 0.6 is 0 Å². The van der Waals surface area contributed by atoms with Gasteiger partial charge in [-0.25, -0.2) is 0 Å². The Balaban J connectivity index is 1.92. The van der Waals surface area contributed by atoms with Gasteiger partial charge in [0.25, 0.3) is 0 Å². The lowest BCUT2D eigenvalue weighted by Crippen LogP contribution is -2.36. The summed E-state index contributed by atoms with van der Waals surface area (Å²) in [6, 6.07) is 19.3. The van der Waals surface area contributed by atoms with E-state index in [9.17, 15) is 18.0 Å². The van der Waals surface area contributed by atoms with Gasteiger partial charge in [-0.05, 0) is 47.9 Å². The van der Waals surface area contributed by atoms with Crippen LogP contribution in [0, 0.1) is 0 Å². The third-order valence-electron chi connectivity index (χ3n) is 5.85. The minimum atomic E-state index is -4.45. The van der Waals surface area contributed by atoms with Crippen molar-refractivity contribution in [2.75, 3.05) is 27.8 Å². The third-order valence-corrected chi connectivity index (χ3v) is 5.85. The number of carbonyl (C=O) groups excluding carboxylic acids is 1. The number of halogens is 3. The molecule has 0 saturated heterocycles. The van der Waals surface area contributed by atoms with Gasteiger partial charge in [-0.1, -0.05) is 54.6 Å². The van der Waals surface area contributed by atoms with Crippen LogP contribution in [-0.2, 0) is 11.0 Å². The van der Waals surface area contributed by atoms with E-state index in [0.717, 1.165) is 17.2 Å². The molecule has 0 aliphatic heterocycles. The lowest BCUT2D eigenvalue weighted by molar-refractivity contribution is -0.137. The van der Waals surface area contributed by atoms with Gasteiger partial charge in [0.1, 0.15) is 6.04 Å². The summed E-state index contributed by atoms with van der Waals surface area (Å²) in [5.41, 5.74) is 1.39. The standard InChI is InChI=1S/C27H29F3N2O3/c1-31-26(33)25(18-8-5-4-6-9-18)32-15-14-22(19-10-7-11-21(16-19)27(28,29)30)20-12-13-23(34-2)24(17-20)35-3/h4-13,16-17,22,25,32H,14-15H2,1-3H3,(H,31,33)/t22-,25-/m0/s1. The van der Waals surface area contributed by atoms with Crippen LogP contribution < -0.4 is 20.1 Å². The molecule has 3 rings (SSSR count). The quantitative estimate of drug-likeness (QED) is 0.407. The highest BCUT2D eigenvalue weighted by atomic mass is 19.4. The molecule has 0 fully saturated rings. The smallest absolute Gasteiger partial charge is 0.416 e. The summed E-state index contributed by atoms with van der Waals surface area (Å²) >= 11 is 0. The predicted molar refractivity (Wildman–Crippen MR) is 129 cm³/mol. The fourth-order valence-electron chi connectivity index (χ4n) is 4.05. The van der Waals surface area contributed by atoms with E-state index < -0.39 is 17.8 Å². The summed E-state index contributed by atoms with van der Waals surface area (Å²) in [7, 11) is 4.60. The second kappa shape index (κ2) is 11.8. The largest absolute Gasteiger partial charge is 0.493 e. The number of hydrogen-bond donors (Lipinski definition) is 2. The van der Waals surface area contributed by atoms with Crippen molar-refractivity contribution in [3.8, 4) is 11.5 Å². The maximum Gasteiger partial charge on any atom is 0.416 e. The van der Waals surface area contributed by atoms with Gasteiger partial charge in [0.05, 0.1) is 19.8 Å². The number of likely N-dealkylation sites (N-methyl/N-ethyl adjacent to an activating group) is 1. The van der Waals surface area contributed by atoms with Gasteiger partial charge < -0.3 is 20.1 Å². The zero-order chi connectivity index (χ0) is 25.4. The normalized spacial score (nSPS) is 13.1. The van der Waals surface area contributed by atoms with E-state index in [1.807, 2.05) is 36.4 Å². The molecule has 1 amide bonds. The highest BCUT2D eigenvalue weighted by molar-refractivity contribution is 5.82. The van der Waals surface area contributed by atoms with E-state index >= 15 is 0 Å². The lowest BCUT2D eigenvalue weighted by atomic mass is 9.87. The molecule has 0 bridgehead atoms. The van der Waals surface area contributed by atoms with Crippen LogP contribution in [0.4, 0.5) is 13.2 Å². The van der Waals surface area contributed by atoms with Gasteiger partial charge in [0.15, 0.2) is 11.5 Å². The van der Waals surface area contributed by atoms with Gasteiger partial charge in [-0.3, -0.25) is 4.79 Å². The second-order valence-corrected chi connectivity index (χ2v) is 7.99. The number of rotatable bonds is 10. The molecule has 5 nitrogen and oxygen atoms in total. The van der Waals surface area contributed by atoms with Crippen molar-refractivity contribution in [1.29, 1.82) is 0 Å². The number of nitrogens with one attached hydrogen (secondary N) is 2. The summed E-state index contributed by atoms with van der Waals surface area (Å²) in [4.78, 5) is 12.5. The Labute approximate surface area is 203 Å². The molecule has 0 unspecified atom stereocenters. The van der Waals surface area contributed by atoms with Crippen LogP contribution in [0.5, 0.6) is 11.5 Å². The number of carbonyl (C=O) groups is 1. The number of amides is 1. The molecule has 2 atom stereocenters. The van der Waals surface area contributed by atoms with Gasteiger partial charge in [-0.15, -0.1) is 0 Å². The molecule has 0 aliphatic carbocycles. The average Bonchev–Trinajstić information content (AvgIpc) is 2.88. The maximum atomic E-state index is 13.4. The summed E-state index contributed by atoms with van der Waals surface area (Å²) < 4.78 is 51.0. The molecule has 3 aromatic carbocycles. The number of ether oxygens (including phenoxy) is 2. The van der Waals surface area contributed by atoms with Crippen LogP contribution in [0.15, 0.2) is 72.8 Å². The van der Waals surface area contributed by atoms with Crippen molar-refractivity contribution in [3.63, 3.8) is 0 Å². The number of benzene rings is 3. The predicted octanol–water partition coefficient (Wildman–Crippen LogP) is 5.32. The first-order valence-corrected chi connectivity index (χ1v) is 11.2. The highest BCUT2D eigenvalue weighted by Gasteiger charge is 2.31. The van der Waals surface area contributed by atoms with E-state index in [-0.39, 0.29) is 11.8 Å². The molecule has 186 valence electrons. The van der Waals surface area contributed by atoms with Gasteiger partial charge in [0.2, 0.25) is 5.91 Å². The van der Waals surface area contributed by atoms with E-state index in [4.69, 9.17) is 9.47 Å². The molecule has 2 N–H and O–H groups in total. The number of alkyl halides is 3. The molecule has 35 heavy (non-hydrogen) atoms. The van der Waals surface area contributed by atoms with E-state index in [1.54, 1.807) is 25.2 Å². The topological polar surface area (TPSA) is 59.6 Å². The van der Waals surface area contributed by atoms with E-state index in [1.165, 1.54) is 26.4 Å². The summed E-state index contributed by atoms with van der Waals surface area (Å²) in [5.74, 6) is 0.437. The first-order chi connectivity index (χ1) is 16.8. The first-order valence-electron chi connectivity index (χ1n) is 11.2. The first kappa shape index (κ1) is 26.1. The maximum absolute atomic E-state index is 13.4. The number of methoxy groups -OCH3 is 2. The van der Waals surface area contributed by atoms with Crippen LogP contribution in [0.1, 0.15) is 40.6 Å². The Hall–Kier alpha value is -3.52. The SMILES string of the molecule is CNC(=O)[C@@H](NCC[C@@H](c1cccc(C(F)(F)F)c1)c1ccc(OC)c(OC)c1)c1ccccc1. The van der Waals surface area contributed by atoms with Crippen molar-refractivity contribution in [2.24, 2.45) is 0 Å². The van der Waals surface area contributed by atoms with E-state index in [2.05, 4.69) is 10.6 Å². The molecule has 0 radical (unpaired) electrons. The van der Waals surface area contributed by atoms with Crippen molar-refractivity contribution in [2.45, 2.75) is 24.6 Å². The molecule has 0 aromatic heterocycles. The van der Waals surface area contributed by atoms with Crippen LogP contribution in [-0.4, -0.2) is 33.7 Å².